The van der Waals surface area contributed by atoms with Gasteiger partial charge in [-0.3, -0.25) is 0 Å². The van der Waals surface area contributed by atoms with Crippen molar-refractivity contribution in [1.82, 2.24) is 4.98 Å². The summed E-state index contributed by atoms with van der Waals surface area (Å²) in [4.78, 5) is 11.7. The maximum Gasteiger partial charge on any atom is 0.129 e. The van der Waals surface area contributed by atoms with Crippen molar-refractivity contribution in [3.05, 3.63) is 109 Å². The van der Waals surface area contributed by atoms with Crippen molar-refractivity contribution < 1.29 is 0 Å². The number of nitrogens with zero attached hydrogens (tertiary/aromatic N) is 4. The van der Waals surface area contributed by atoms with Gasteiger partial charge >= 0.3 is 0 Å². The van der Waals surface area contributed by atoms with Gasteiger partial charge in [-0.05, 0) is 48.5 Å². The molecule has 0 atom stereocenters. The number of thiazole rings is 1. The molecule has 0 unspecified atom stereocenters. The molecule has 36 heavy (non-hydrogen) atoms. The van der Waals surface area contributed by atoms with E-state index < -0.39 is 0 Å². The molecule has 180 valence electrons. The lowest BCUT2D eigenvalue weighted by Crippen LogP contribution is -2.12. The molecule has 5 rings (SSSR count). The van der Waals surface area contributed by atoms with Gasteiger partial charge in [0.05, 0.1) is 0 Å². The van der Waals surface area contributed by atoms with Crippen LogP contribution in [-0.4, -0.2) is 33.2 Å². The van der Waals surface area contributed by atoms with Crippen LogP contribution in [0, 0.1) is 0 Å². The van der Waals surface area contributed by atoms with E-state index in [2.05, 4.69) is 140 Å². The van der Waals surface area contributed by atoms with Gasteiger partial charge < -0.3 is 14.7 Å². The molecule has 0 spiro atoms. The minimum atomic E-state index is 0.979. The molecule has 4 nitrogen and oxygen atoms in total. The zero-order chi connectivity index (χ0) is 25.1. The number of hydrogen-bond acceptors (Lipinski definition) is 5. The molecule has 5 aromatic rings. The average molecular weight is 491 g/mol. The van der Waals surface area contributed by atoms with Crippen LogP contribution in [-0.2, 0) is 0 Å². The minimum absolute atomic E-state index is 0.979. The van der Waals surface area contributed by atoms with Crippen molar-refractivity contribution in [2.24, 2.45) is 0 Å². The van der Waals surface area contributed by atoms with E-state index in [0.29, 0.717) is 0 Å². The molecule has 0 aliphatic rings. The monoisotopic (exact) mass is 490 g/mol. The molecule has 0 saturated heterocycles. The molecule has 1 aromatic heterocycles. The lowest BCUT2D eigenvalue weighted by Gasteiger charge is -2.26. The fourth-order valence-corrected chi connectivity index (χ4v) is 5.27. The maximum atomic E-state index is 5.17. The van der Waals surface area contributed by atoms with Crippen molar-refractivity contribution in [3.63, 3.8) is 0 Å². The average Bonchev–Trinajstić information content (AvgIpc) is 3.35. The van der Waals surface area contributed by atoms with Crippen LogP contribution in [0.15, 0.2) is 109 Å². The molecule has 0 fully saturated rings. The second kappa shape index (κ2) is 10.3. The van der Waals surface area contributed by atoms with Crippen LogP contribution < -0.4 is 14.7 Å². The first kappa shape index (κ1) is 23.6. The Morgan fingerprint density at radius 1 is 0.500 bits per heavy atom. The van der Waals surface area contributed by atoms with Crippen LogP contribution >= 0.6 is 11.3 Å². The van der Waals surface area contributed by atoms with Crippen LogP contribution in [0.5, 0.6) is 0 Å². The number of rotatable bonds is 7. The van der Waals surface area contributed by atoms with Crippen molar-refractivity contribution in [1.29, 1.82) is 0 Å². The fourth-order valence-electron chi connectivity index (χ4n) is 4.14. The second-order valence-electron chi connectivity index (χ2n) is 9.06. The summed E-state index contributed by atoms with van der Waals surface area (Å²) in [5, 5.41) is 2.10. The van der Waals surface area contributed by atoms with Gasteiger partial charge in [0.15, 0.2) is 0 Å². The topological polar surface area (TPSA) is 22.6 Å². The lowest BCUT2D eigenvalue weighted by atomic mass is 10.1. The predicted octanol–water partition coefficient (Wildman–Crippen LogP) is 8.08. The van der Waals surface area contributed by atoms with E-state index in [0.717, 1.165) is 38.2 Å². The summed E-state index contributed by atoms with van der Waals surface area (Å²) < 4.78 is 0. The lowest BCUT2D eigenvalue weighted by molar-refractivity contribution is 1.13. The van der Waals surface area contributed by atoms with Gasteiger partial charge in [-0.2, -0.15) is 0 Å². The van der Waals surface area contributed by atoms with Gasteiger partial charge in [0.25, 0.3) is 0 Å². The zero-order valence-electron chi connectivity index (χ0n) is 21.1. The highest BCUT2D eigenvalue weighted by Crippen LogP contribution is 2.47. The Kier molecular flexibility index (Phi) is 6.74. The third-order valence-corrected chi connectivity index (χ3v) is 7.22. The summed E-state index contributed by atoms with van der Waals surface area (Å²) >= 11 is 1.72. The highest BCUT2D eigenvalue weighted by Gasteiger charge is 2.23. The Morgan fingerprint density at radius 2 is 0.917 bits per heavy atom. The van der Waals surface area contributed by atoms with Crippen molar-refractivity contribution in [2.75, 3.05) is 42.9 Å². The number of anilines is 5. The van der Waals surface area contributed by atoms with Gasteiger partial charge in [0.2, 0.25) is 0 Å². The first-order valence-electron chi connectivity index (χ1n) is 12.0. The van der Waals surface area contributed by atoms with Crippen LogP contribution in [0.1, 0.15) is 0 Å². The number of benzene rings is 4. The van der Waals surface area contributed by atoms with Gasteiger partial charge in [-0.15, -0.1) is 0 Å². The Labute approximate surface area is 217 Å². The molecule has 1 heterocycles. The largest absolute Gasteiger partial charge is 0.378 e. The predicted molar refractivity (Wildman–Crippen MR) is 156 cm³/mol. The Balaban J connectivity index is 1.72. The van der Waals surface area contributed by atoms with Crippen molar-refractivity contribution >= 4 is 39.1 Å². The number of aromatic nitrogens is 1. The standard InChI is InChI=1S/C31H30N4S/c1-33(2)25-15-19-27(20-16-25)35(28-21-17-26(18-22-28)34(3)4)31-29(23-11-7-5-8-12-23)32-30(36-31)24-13-9-6-10-14-24/h5-22H,1-4H3. The zero-order valence-corrected chi connectivity index (χ0v) is 21.9. The first-order valence-corrected chi connectivity index (χ1v) is 12.8. The summed E-state index contributed by atoms with van der Waals surface area (Å²) in [6.45, 7) is 0. The third kappa shape index (κ3) is 4.83. The molecule has 0 aliphatic carbocycles. The number of hydrogen-bond donors (Lipinski definition) is 0. The normalized spacial score (nSPS) is 10.8. The fraction of sp³-hybridized carbons (Fsp3) is 0.129. The van der Waals surface area contributed by atoms with Crippen molar-refractivity contribution in [2.45, 2.75) is 0 Å². The van der Waals surface area contributed by atoms with E-state index in [9.17, 15) is 0 Å². The van der Waals surface area contributed by atoms with E-state index in [1.54, 1.807) is 11.3 Å². The van der Waals surface area contributed by atoms with E-state index >= 15 is 0 Å². The van der Waals surface area contributed by atoms with Crippen molar-refractivity contribution in [3.8, 4) is 21.8 Å². The Bertz CT molecular complexity index is 1360. The molecule has 0 aliphatic heterocycles. The van der Waals surface area contributed by atoms with Crippen LogP contribution in [0.25, 0.3) is 21.8 Å². The maximum absolute atomic E-state index is 5.17. The van der Waals surface area contributed by atoms with E-state index in [1.807, 2.05) is 12.1 Å². The molecule has 0 radical (unpaired) electrons. The summed E-state index contributed by atoms with van der Waals surface area (Å²) in [7, 11) is 8.26. The van der Waals surface area contributed by atoms with E-state index in [-0.39, 0.29) is 0 Å². The summed E-state index contributed by atoms with van der Waals surface area (Å²) in [6.07, 6.45) is 0. The third-order valence-electron chi connectivity index (χ3n) is 6.13. The second-order valence-corrected chi connectivity index (χ2v) is 10.0. The van der Waals surface area contributed by atoms with Gasteiger partial charge in [0, 0.05) is 62.1 Å². The molecular formula is C31H30N4S. The molecule has 0 saturated carbocycles. The summed E-state index contributed by atoms with van der Waals surface area (Å²) in [5.41, 5.74) is 7.73. The molecule has 0 amide bonds. The van der Waals surface area contributed by atoms with E-state index in [1.165, 1.54) is 11.4 Å². The first-order chi connectivity index (χ1) is 17.5. The minimum Gasteiger partial charge on any atom is -0.378 e. The quantitative estimate of drug-likeness (QED) is 0.230. The SMILES string of the molecule is CN(C)c1ccc(N(c2ccc(N(C)C)cc2)c2sc(-c3ccccc3)nc2-c2ccccc2)cc1. The highest BCUT2D eigenvalue weighted by molar-refractivity contribution is 7.19. The van der Waals surface area contributed by atoms with Gasteiger partial charge in [-0.1, -0.05) is 72.0 Å². The van der Waals surface area contributed by atoms with E-state index in [4.69, 9.17) is 4.98 Å². The van der Waals surface area contributed by atoms with Crippen LogP contribution in [0.3, 0.4) is 0 Å². The van der Waals surface area contributed by atoms with Gasteiger partial charge in [-0.25, -0.2) is 4.98 Å². The molecule has 0 bridgehead atoms. The van der Waals surface area contributed by atoms with Gasteiger partial charge in [0.1, 0.15) is 15.7 Å². The molecule has 0 N–H and O–H groups in total. The smallest absolute Gasteiger partial charge is 0.129 e. The highest BCUT2D eigenvalue weighted by atomic mass is 32.1. The van der Waals surface area contributed by atoms with Crippen LogP contribution in [0.2, 0.25) is 0 Å². The molecule has 5 heteroatoms. The molecular weight excluding hydrogens is 460 g/mol. The Morgan fingerprint density at radius 3 is 1.36 bits per heavy atom. The molecule has 4 aromatic carbocycles. The summed E-state index contributed by atoms with van der Waals surface area (Å²) in [5.74, 6) is 0. The Hall–Kier alpha value is -4.09. The summed E-state index contributed by atoms with van der Waals surface area (Å²) in [6, 6.07) is 38.3. The van der Waals surface area contributed by atoms with Crippen LogP contribution in [0.4, 0.5) is 27.8 Å².